The van der Waals surface area contributed by atoms with E-state index in [0.29, 0.717) is 23.6 Å². The van der Waals surface area contributed by atoms with Gasteiger partial charge in [-0.3, -0.25) is 14.5 Å². The third kappa shape index (κ3) is 6.00. The lowest BCUT2D eigenvalue weighted by Gasteiger charge is -2.38. The van der Waals surface area contributed by atoms with Gasteiger partial charge in [-0.2, -0.15) is 0 Å². The molecule has 2 aromatic rings. The van der Waals surface area contributed by atoms with Crippen molar-refractivity contribution in [3.05, 3.63) is 63.4 Å². The van der Waals surface area contributed by atoms with Crippen LogP contribution >= 0.6 is 23.2 Å². The highest BCUT2D eigenvalue weighted by molar-refractivity contribution is 6.31. The molecule has 6 nitrogen and oxygen atoms in total. The van der Waals surface area contributed by atoms with E-state index in [1.54, 1.807) is 24.3 Å². The number of nitrogens with one attached hydrogen (secondary N) is 2. The number of halogens is 3. The Balaban J connectivity index is 1.55. The highest BCUT2D eigenvalue weighted by Gasteiger charge is 2.66. The number of Topliss-reactive ketones (excluding diaryl/α,β-unsaturated/α-hetero) is 1. The van der Waals surface area contributed by atoms with Crippen molar-refractivity contribution in [3.8, 4) is 0 Å². The summed E-state index contributed by atoms with van der Waals surface area (Å²) < 4.78 is 21.4. The van der Waals surface area contributed by atoms with Crippen LogP contribution in [0.3, 0.4) is 0 Å². The molecule has 9 heteroatoms. The lowest BCUT2D eigenvalue weighted by molar-refractivity contribution is -0.122. The second-order valence-electron chi connectivity index (χ2n) is 12.8. The molecule has 0 saturated carbocycles. The Labute approximate surface area is 258 Å². The average Bonchev–Trinajstić information content (AvgIpc) is 3.42. The first-order valence-corrected chi connectivity index (χ1v) is 16.0. The Morgan fingerprint density at radius 3 is 2.67 bits per heavy atom. The van der Waals surface area contributed by atoms with E-state index in [2.05, 4.69) is 36.3 Å². The molecule has 1 spiro atoms. The highest BCUT2D eigenvalue weighted by atomic mass is 35.5. The average molecular weight is 619 g/mol. The van der Waals surface area contributed by atoms with Crippen molar-refractivity contribution >= 4 is 40.6 Å². The van der Waals surface area contributed by atoms with Gasteiger partial charge < -0.3 is 15.4 Å². The molecule has 1 amide bonds. The van der Waals surface area contributed by atoms with Gasteiger partial charge in [0.15, 0.2) is 0 Å². The lowest BCUT2D eigenvalue weighted by Crippen LogP contribution is -2.50. The van der Waals surface area contributed by atoms with E-state index in [0.717, 1.165) is 64.1 Å². The van der Waals surface area contributed by atoms with Crippen molar-refractivity contribution in [2.24, 2.45) is 5.41 Å². The molecule has 3 aliphatic rings. The second kappa shape index (κ2) is 12.9. The molecule has 42 heavy (non-hydrogen) atoms. The Hall–Kier alpha value is -2.03. The Morgan fingerprint density at radius 1 is 1.17 bits per heavy atom. The maximum absolute atomic E-state index is 16.0. The number of morpholine rings is 1. The van der Waals surface area contributed by atoms with Crippen LogP contribution in [-0.4, -0.2) is 61.5 Å². The van der Waals surface area contributed by atoms with E-state index in [-0.39, 0.29) is 27.7 Å². The molecule has 2 saturated heterocycles. The normalized spacial score (nSPS) is 26.0. The molecule has 0 aliphatic carbocycles. The van der Waals surface area contributed by atoms with Crippen molar-refractivity contribution in [2.75, 3.05) is 38.2 Å². The summed E-state index contributed by atoms with van der Waals surface area (Å²) in [6, 6.07) is 9.08. The summed E-state index contributed by atoms with van der Waals surface area (Å²) in [5, 5.41) is 7.16. The van der Waals surface area contributed by atoms with Crippen LogP contribution in [0.4, 0.5) is 10.1 Å². The minimum absolute atomic E-state index is 0.00765. The summed E-state index contributed by atoms with van der Waals surface area (Å²) >= 11 is 12.7. The molecular formula is C33H42Cl2FN3O3. The van der Waals surface area contributed by atoms with Gasteiger partial charge in [0.2, 0.25) is 5.91 Å². The van der Waals surface area contributed by atoms with Crippen molar-refractivity contribution in [1.82, 2.24) is 10.2 Å². The Morgan fingerprint density at radius 2 is 1.93 bits per heavy atom. The molecule has 0 unspecified atom stereocenters. The third-order valence-electron chi connectivity index (χ3n) is 9.40. The monoisotopic (exact) mass is 617 g/mol. The minimum atomic E-state index is -1.22. The third-order valence-corrected chi connectivity index (χ3v) is 9.93. The number of unbranched alkanes of at least 4 members (excludes halogenated alkanes) is 1. The minimum Gasteiger partial charge on any atom is -0.379 e. The van der Waals surface area contributed by atoms with E-state index >= 15 is 4.39 Å². The lowest BCUT2D eigenvalue weighted by atomic mass is 9.61. The van der Waals surface area contributed by atoms with Gasteiger partial charge in [-0.25, -0.2) is 4.39 Å². The largest absolute Gasteiger partial charge is 0.379 e. The van der Waals surface area contributed by atoms with Gasteiger partial charge in [0.25, 0.3) is 0 Å². The van der Waals surface area contributed by atoms with Crippen LogP contribution in [0.25, 0.3) is 0 Å². The molecule has 4 atom stereocenters. The molecule has 0 radical (unpaired) electrons. The highest BCUT2D eigenvalue weighted by Crippen LogP contribution is 2.57. The molecule has 228 valence electrons. The fraction of sp³-hybridized carbons (Fsp3) is 0.576. The number of hydrogen-bond acceptors (Lipinski definition) is 5. The SMILES string of the molecule is CCCC(C)(C)C[C@H]1N[C@@H](C(=O)CCCCN2CCOCC2)[C@H](c2cccc(Cl)c2F)[C@@]12C(=O)Nc1cc(Cl)ccc12. The predicted octanol–water partition coefficient (Wildman–Crippen LogP) is 6.73. The van der Waals surface area contributed by atoms with E-state index in [9.17, 15) is 9.59 Å². The molecule has 2 fully saturated rings. The van der Waals surface area contributed by atoms with Gasteiger partial charge in [-0.05, 0) is 67.0 Å². The summed E-state index contributed by atoms with van der Waals surface area (Å²) in [5.41, 5.74) is 0.301. The van der Waals surface area contributed by atoms with Gasteiger partial charge in [0, 0.05) is 42.2 Å². The quantitative estimate of drug-likeness (QED) is 0.273. The Bertz CT molecular complexity index is 1320. The molecule has 2 aromatic carbocycles. The molecule has 0 bridgehead atoms. The van der Waals surface area contributed by atoms with Gasteiger partial charge >= 0.3 is 0 Å². The zero-order chi connectivity index (χ0) is 30.1. The molecule has 0 aromatic heterocycles. The standard InChI is InChI=1S/C33H42Cl2FN3O3/c1-4-13-32(2,3)20-27-33(23-12-11-21(34)19-25(23)37-31(33)41)28(22-8-7-9-24(35)29(22)36)30(38-27)26(40)10-5-6-14-39-15-17-42-18-16-39/h7-9,11-12,19,27-28,30,38H,4-6,10,13-18,20H2,1-3H3,(H,37,41)/t27-,28+,30+,33+/m1/s1. The number of anilines is 1. The van der Waals surface area contributed by atoms with E-state index < -0.39 is 29.2 Å². The number of rotatable bonds is 11. The molecular weight excluding hydrogens is 576 g/mol. The van der Waals surface area contributed by atoms with Crippen LogP contribution < -0.4 is 10.6 Å². The molecule has 2 N–H and O–H groups in total. The number of carbonyl (C=O) groups is 2. The number of ketones is 1. The number of fused-ring (bicyclic) bond motifs is 2. The summed E-state index contributed by atoms with van der Waals surface area (Å²) in [6.07, 6.45) is 4.52. The predicted molar refractivity (Wildman–Crippen MR) is 166 cm³/mol. The van der Waals surface area contributed by atoms with Crippen molar-refractivity contribution < 1.29 is 18.7 Å². The van der Waals surface area contributed by atoms with Crippen LogP contribution in [0.2, 0.25) is 10.0 Å². The molecule has 5 rings (SSSR count). The van der Waals surface area contributed by atoms with Gasteiger partial charge in [0.1, 0.15) is 17.0 Å². The van der Waals surface area contributed by atoms with E-state index in [4.69, 9.17) is 27.9 Å². The first kappa shape index (κ1) is 31.4. The number of benzene rings is 2. The molecule has 3 heterocycles. The van der Waals surface area contributed by atoms with Crippen LogP contribution in [0.15, 0.2) is 36.4 Å². The maximum Gasteiger partial charge on any atom is 0.237 e. The molecule has 3 aliphatic heterocycles. The van der Waals surface area contributed by atoms with Gasteiger partial charge in [-0.1, -0.05) is 68.6 Å². The maximum atomic E-state index is 16.0. The van der Waals surface area contributed by atoms with E-state index in [1.165, 1.54) is 6.07 Å². The number of nitrogens with zero attached hydrogens (tertiary/aromatic N) is 1. The smallest absolute Gasteiger partial charge is 0.237 e. The summed E-state index contributed by atoms with van der Waals surface area (Å²) in [4.78, 5) is 30.8. The summed E-state index contributed by atoms with van der Waals surface area (Å²) in [6.45, 7) is 10.7. The zero-order valence-electron chi connectivity index (χ0n) is 24.8. The van der Waals surface area contributed by atoms with Gasteiger partial charge in [0.05, 0.1) is 24.3 Å². The fourth-order valence-electron chi connectivity index (χ4n) is 7.54. The van der Waals surface area contributed by atoms with Crippen molar-refractivity contribution in [2.45, 2.75) is 82.7 Å². The first-order chi connectivity index (χ1) is 20.1. The number of amides is 1. The Kier molecular flexibility index (Phi) is 9.65. The fourth-order valence-corrected chi connectivity index (χ4v) is 7.89. The van der Waals surface area contributed by atoms with Gasteiger partial charge in [-0.15, -0.1) is 0 Å². The number of carbonyl (C=O) groups excluding carboxylic acids is 2. The topological polar surface area (TPSA) is 70.7 Å². The van der Waals surface area contributed by atoms with Crippen LogP contribution in [0, 0.1) is 11.2 Å². The van der Waals surface area contributed by atoms with Crippen LogP contribution in [0.5, 0.6) is 0 Å². The van der Waals surface area contributed by atoms with Crippen molar-refractivity contribution in [1.29, 1.82) is 0 Å². The van der Waals surface area contributed by atoms with Crippen LogP contribution in [0.1, 0.15) is 76.3 Å². The first-order valence-electron chi connectivity index (χ1n) is 15.2. The second-order valence-corrected chi connectivity index (χ2v) is 13.7. The summed E-state index contributed by atoms with van der Waals surface area (Å²) in [5.74, 6) is -1.62. The van der Waals surface area contributed by atoms with E-state index in [1.807, 2.05) is 6.07 Å². The summed E-state index contributed by atoms with van der Waals surface area (Å²) in [7, 11) is 0. The van der Waals surface area contributed by atoms with Crippen molar-refractivity contribution in [3.63, 3.8) is 0 Å². The zero-order valence-corrected chi connectivity index (χ0v) is 26.3. The number of hydrogen-bond donors (Lipinski definition) is 2. The van der Waals surface area contributed by atoms with Crippen LogP contribution in [-0.2, 0) is 19.7 Å². The number of ether oxygens (including phenoxy) is 1.